The van der Waals surface area contributed by atoms with Crippen molar-refractivity contribution in [1.29, 1.82) is 0 Å². The predicted molar refractivity (Wildman–Crippen MR) is 96.9 cm³/mol. The molecular weight excluding hydrogens is 365 g/mol. The molecule has 3 aromatic rings. The van der Waals surface area contributed by atoms with Crippen LogP contribution in [-0.4, -0.2) is 21.7 Å². The number of amides is 1. The molecule has 8 heteroatoms. The Morgan fingerprint density at radius 3 is 2.76 bits per heavy atom. The quantitative estimate of drug-likeness (QED) is 0.757. The molecular formula is C17H13Cl2N3O3. The van der Waals surface area contributed by atoms with Crippen molar-refractivity contribution in [3.8, 4) is 5.75 Å². The van der Waals surface area contributed by atoms with Gasteiger partial charge in [-0.25, -0.2) is 9.66 Å². The highest BCUT2D eigenvalue weighted by Crippen LogP contribution is 2.28. The number of hydrogen-bond acceptors (Lipinski definition) is 4. The number of benzene rings is 2. The zero-order valence-corrected chi connectivity index (χ0v) is 14.6. The van der Waals surface area contributed by atoms with E-state index in [1.165, 1.54) is 12.4 Å². The van der Waals surface area contributed by atoms with Crippen LogP contribution >= 0.6 is 23.2 Å². The van der Waals surface area contributed by atoms with Gasteiger partial charge in [0.05, 0.1) is 15.9 Å². The third-order valence-electron chi connectivity index (χ3n) is 3.46. The number of hydrogen-bond donors (Lipinski definition) is 1. The van der Waals surface area contributed by atoms with E-state index in [0.29, 0.717) is 21.7 Å². The van der Waals surface area contributed by atoms with E-state index in [1.807, 2.05) is 0 Å². The maximum atomic E-state index is 12.4. The SMILES string of the molecule is CC(Oc1ccc(Cl)cc1Cl)C(=O)Nn1cnc2ccccc2c1=O. The largest absolute Gasteiger partial charge is 0.479 e. The minimum absolute atomic E-state index is 0.289. The minimum Gasteiger partial charge on any atom is -0.479 e. The van der Waals surface area contributed by atoms with Crippen LogP contribution in [0.3, 0.4) is 0 Å². The Labute approximate surface area is 152 Å². The summed E-state index contributed by atoms with van der Waals surface area (Å²) in [6, 6.07) is 11.6. The molecule has 0 aliphatic rings. The summed E-state index contributed by atoms with van der Waals surface area (Å²) in [5.41, 5.74) is 2.63. The second kappa shape index (κ2) is 7.13. The van der Waals surface area contributed by atoms with Crippen LogP contribution in [0.25, 0.3) is 10.9 Å². The fourth-order valence-corrected chi connectivity index (χ4v) is 2.63. The van der Waals surface area contributed by atoms with E-state index >= 15 is 0 Å². The molecule has 0 radical (unpaired) electrons. The summed E-state index contributed by atoms with van der Waals surface area (Å²) in [4.78, 5) is 28.8. The van der Waals surface area contributed by atoms with Crippen LogP contribution in [0.5, 0.6) is 5.75 Å². The average molecular weight is 378 g/mol. The van der Waals surface area contributed by atoms with Crippen LogP contribution in [0.1, 0.15) is 6.92 Å². The molecule has 0 aliphatic carbocycles. The summed E-state index contributed by atoms with van der Waals surface area (Å²) in [5, 5.41) is 1.15. The van der Waals surface area contributed by atoms with Gasteiger partial charge < -0.3 is 4.74 Å². The summed E-state index contributed by atoms with van der Waals surface area (Å²) >= 11 is 11.8. The van der Waals surface area contributed by atoms with Crippen LogP contribution in [0.2, 0.25) is 10.0 Å². The van der Waals surface area contributed by atoms with E-state index in [4.69, 9.17) is 27.9 Å². The van der Waals surface area contributed by atoms with Gasteiger partial charge in [-0.15, -0.1) is 0 Å². The van der Waals surface area contributed by atoms with Gasteiger partial charge in [-0.2, -0.15) is 0 Å². The van der Waals surface area contributed by atoms with Crippen LogP contribution in [0, 0.1) is 0 Å². The van der Waals surface area contributed by atoms with E-state index in [2.05, 4.69) is 10.4 Å². The van der Waals surface area contributed by atoms with Crippen LogP contribution in [0.15, 0.2) is 53.6 Å². The Balaban J connectivity index is 1.77. The monoisotopic (exact) mass is 377 g/mol. The van der Waals surface area contributed by atoms with E-state index in [1.54, 1.807) is 43.3 Å². The van der Waals surface area contributed by atoms with Gasteiger partial charge in [0.1, 0.15) is 12.1 Å². The molecule has 1 aromatic heterocycles. The predicted octanol–water partition coefficient (Wildman–Crippen LogP) is 3.24. The number of fused-ring (bicyclic) bond motifs is 1. The van der Waals surface area contributed by atoms with Crippen molar-refractivity contribution in [2.75, 3.05) is 5.43 Å². The fourth-order valence-electron chi connectivity index (χ4n) is 2.17. The molecule has 25 heavy (non-hydrogen) atoms. The minimum atomic E-state index is -0.892. The maximum Gasteiger partial charge on any atom is 0.280 e. The molecule has 0 spiro atoms. The van der Waals surface area contributed by atoms with E-state index < -0.39 is 12.0 Å². The van der Waals surface area contributed by atoms with Gasteiger partial charge in [0.15, 0.2) is 6.10 Å². The third-order valence-corrected chi connectivity index (χ3v) is 3.99. The van der Waals surface area contributed by atoms with Crippen molar-refractivity contribution in [2.24, 2.45) is 0 Å². The van der Waals surface area contributed by atoms with Gasteiger partial charge in [0.25, 0.3) is 11.5 Å². The number of ether oxygens (including phenoxy) is 1. The first-order valence-corrected chi connectivity index (χ1v) is 8.10. The Bertz CT molecular complexity index is 1000. The van der Waals surface area contributed by atoms with Crippen molar-refractivity contribution < 1.29 is 9.53 Å². The normalized spacial score (nSPS) is 12.0. The summed E-state index contributed by atoms with van der Waals surface area (Å²) in [6.07, 6.45) is 0.363. The number of nitrogens with one attached hydrogen (secondary N) is 1. The molecule has 1 N–H and O–H groups in total. The molecule has 1 heterocycles. The van der Waals surface area contributed by atoms with Gasteiger partial charge >= 0.3 is 0 Å². The lowest BCUT2D eigenvalue weighted by Crippen LogP contribution is -2.40. The first-order valence-electron chi connectivity index (χ1n) is 7.34. The third kappa shape index (κ3) is 3.75. The molecule has 6 nitrogen and oxygen atoms in total. The lowest BCUT2D eigenvalue weighted by Gasteiger charge is -2.16. The van der Waals surface area contributed by atoms with E-state index in [9.17, 15) is 9.59 Å². The molecule has 0 saturated carbocycles. The highest BCUT2D eigenvalue weighted by molar-refractivity contribution is 6.35. The topological polar surface area (TPSA) is 73.2 Å². The van der Waals surface area contributed by atoms with Gasteiger partial charge in [-0.3, -0.25) is 15.0 Å². The first-order chi connectivity index (χ1) is 12.0. The Hall–Kier alpha value is -2.57. The number of carbonyl (C=O) groups excluding carboxylic acids is 1. The number of carbonyl (C=O) groups is 1. The lowest BCUT2D eigenvalue weighted by molar-refractivity contribution is -0.123. The fraction of sp³-hybridized carbons (Fsp3) is 0.118. The van der Waals surface area contributed by atoms with Crippen molar-refractivity contribution in [3.63, 3.8) is 0 Å². The molecule has 3 rings (SSSR count). The van der Waals surface area contributed by atoms with E-state index in [-0.39, 0.29) is 10.6 Å². The number of halogens is 2. The highest BCUT2D eigenvalue weighted by atomic mass is 35.5. The first kappa shape index (κ1) is 17.3. The molecule has 1 atom stereocenters. The Kier molecular flexibility index (Phi) is 4.92. The summed E-state index contributed by atoms with van der Waals surface area (Å²) < 4.78 is 6.54. The van der Waals surface area contributed by atoms with Gasteiger partial charge in [0, 0.05) is 5.02 Å². The second-order valence-corrected chi connectivity index (χ2v) is 6.09. The zero-order chi connectivity index (χ0) is 18.0. The van der Waals surface area contributed by atoms with Crippen LogP contribution in [-0.2, 0) is 4.79 Å². The molecule has 0 saturated heterocycles. The van der Waals surface area contributed by atoms with Crippen molar-refractivity contribution in [1.82, 2.24) is 9.66 Å². The van der Waals surface area contributed by atoms with E-state index in [0.717, 1.165) is 4.68 Å². The molecule has 1 amide bonds. The smallest absolute Gasteiger partial charge is 0.280 e. The molecule has 0 bridgehead atoms. The maximum absolute atomic E-state index is 12.4. The van der Waals surface area contributed by atoms with Gasteiger partial charge in [-0.1, -0.05) is 35.3 Å². The second-order valence-electron chi connectivity index (χ2n) is 5.25. The standard InChI is InChI=1S/C17H13Cl2N3O3/c1-10(25-15-7-6-11(18)8-13(15)19)16(23)21-22-9-20-14-5-3-2-4-12(14)17(22)24/h2-10H,1H3,(H,21,23). The average Bonchev–Trinajstić information content (AvgIpc) is 2.60. The van der Waals surface area contributed by atoms with Crippen LogP contribution < -0.4 is 15.7 Å². The Morgan fingerprint density at radius 1 is 1.24 bits per heavy atom. The van der Waals surface area contributed by atoms with Crippen molar-refractivity contribution in [2.45, 2.75) is 13.0 Å². The summed E-state index contributed by atoms with van der Waals surface area (Å²) in [6.45, 7) is 1.54. The summed E-state index contributed by atoms with van der Waals surface area (Å²) in [5.74, 6) is -0.206. The molecule has 1 unspecified atom stereocenters. The van der Waals surface area contributed by atoms with Gasteiger partial charge in [-0.05, 0) is 37.3 Å². The molecule has 0 fully saturated rings. The van der Waals surface area contributed by atoms with Crippen molar-refractivity contribution in [3.05, 3.63) is 69.2 Å². The number of aromatic nitrogens is 2. The molecule has 0 aliphatic heterocycles. The number of para-hydroxylation sites is 1. The molecule has 2 aromatic carbocycles. The molecule has 128 valence electrons. The number of rotatable bonds is 4. The summed E-state index contributed by atoms with van der Waals surface area (Å²) in [7, 11) is 0. The lowest BCUT2D eigenvalue weighted by atomic mass is 10.2. The number of nitrogens with zero attached hydrogens (tertiary/aromatic N) is 2. The Morgan fingerprint density at radius 2 is 2.00 bits per heavy atom. The highest BCUT2D eigenvalue weighted by Gasteiger charge is 2.17. The van der Waals surface area contributed by atoms with Crippen LogP contribution in [0.4, 0.5) is 0 Å². The van der Waals surface area contributed by atoms with Gasteiger partial charge in [0.2, 0.25) is 0 Å². The van der Waals surface area contributed by atoms with Crippen molar-refractivity contribution >= 4 is 40.0 Å². The zero-order valence-electron chi connectivity index (χ0n) is 13.1.